The van der Waals surface area contributed by atoms with Crippen LogP contribution in [-0.4, -0.2) is 44.1 Å². The van der Waals surface area contributed by atoms with E-state index in [0.717, 1.165) is 13.1 Å². The summed E-state index contributed by atoms with van der Waals surface area (Å²) < 4.78 is 11.2. The fourth-order valence-electron chi connectivity index (χ4n) is 2.38. The van der Waals surface area contributed by atoms with E-state index >= 15 is 0 Å². The molecular formula is C12H17N3O3. The second-order valence-corrected chi connectivity index (χ2v) is 4.46. The predicted octanol–water partition coefficient (Wildman–Crippen LogP) is -0.142. The van der Waals surface area contributed by atoms with Crippen molar-refractivity contribution in [2.75, 3.05) is 37.7 Å². The van der Waals surface area contributed by atoms with Crippen LogP contribution in [0.4, 0.5) is 5.69 Å². The molecule has 1 fully saturated rings. The fourth-order valence-corrected chi connectivity index (χ4v) is 2.38. The molecule has 4 N–H and O–H groups in total. The molecule has 1 unspecified atom stereocenters. The third kappa shape index (κ3) is 1.93. The molecule has 18 heavy (non-hydrogen) atoms. The molecule has 0 bridgehead atoms. The SMILES string of the molecule is NC1CN(c2c(O)ccc3c2OCCO3)CCN1. The van der Waals surface area contributed by atoms with Crippen LogP contribution in [-0.2, 0) is 0 Å². The minimum Gasteiger partial charge on any atom is -0.506 e. The van der Waals surface area contributed by atoms with E-state index in [2.05, 4.69) is 5.32 Å². The third-order valence-corrected chi connectivity index (χ3v) is 3.18. The van der Waals surface area contributed by atoms with E-state index in [1.165, 1.54) is 0 Å². The first kappa shape index (κ1) is 11.4. The molecule has 0 amide bonds. The number of ether oxygens (including phenoxy) is 2. The topological polar surface area (TPSA) is 80.0 Å². The van der Waals surface area contributed by atoms with Crippen LogP contribution in [0.1, 0.15) is 0 Å². The second kappa shape index (κ2) is 4.55. The smallest absolute Gasteiger partial charge is 0.188 e. The molecule has 0 radical (unpaired) electrons. The van der Waals surface area contributed by atoms with E-state index in [1.54, 1.807) is 12.1 Å². The van der Waals surface area contributed by atoms with Gasteiger partial charge < -0.3 is 25.2 Å². The Morgan fingerprint density at radius 3 is 3.00 bits per heavy atom. The van der Waals surface area contributed by atoms with Gasteiger partial charge in [-0.1, -0.05) is 0 Å². The summed E-state index contributed by atoms with van der Waals surface area (Å²) in [5.74, 6) is 1.50. The maximum Gasteiger partial charge on any atom is 0.188 e. The maximum atomic E-state index is 10.1. The average molecular weight is 251 g/mol. The van der Waals surface area contributed by atoms with Crippen LogP contribution in [0, 0.1) is 0 Å². The van der Waals surface area contributed by atoms with Gasteiger partial charge in [0.15, 0.2) is 11.5 Å². The van der Waals surface area contributed by atoms with Crippen molar-refractivity contribution in [2.45, 2.75) is 6.17 Å². The molecular weight excluding hydrogens is 234 g/mol. The zero-order valence-corrected chi connectivity index (χ0v) is 10.1. The molecule has 2 aliphatic rings. The first-order valence-electron chi connectivity index (χ1n) is 6.11. The summed E-state index contributed by atoms with van der Waals surface area (Å²) in [6.45, 7) is 3.24. The number of phenolic OH excluding ortho intramolecular Hbond substituents is 1. The van der Waals surface area contributed by atoms with Gasteiger partial charge in [0.25, 0.3) is 0 Å². The first-order chi connectivity index (χ1) is 8.75. The number of nitrogens with zero attached hydrogens (tertiary/aromatic N) is 1. The number of piperazine rings is 1. The number of hydrogen-bond acceptors (Lipinski definition) is 6. The summed E-state index contributed by atoms with van der Waals surface area (Å²) in [5, 5.41) is 13.2. The summed E-state index contributed by atoms with van der Waals surface area (Å²) in [4.78, 5) is 2.03. The molecule has 3 rings (SSSR count). The second-order valence-electron chi connectivity index (χ2n) is 4.46. The monoisotopic (exact) mass is 251 g/mol. The summed E-state index contributed by atoms with van der Waals surface area (Å²) >= 11 is 0. The summed E-state index contributed by atoms with van der Waals surface area (Å²) in [5.41, 5.74) is 6.57. The zero-order chi connectivity index (χ0) is 12.5. The molecule has 1 saturated heterocycles. The van der Waals surface area contributed by atoms with Crippen molar-refractivity contribution >= 4 is 5.69 Å². The highest BCUT2D eigenvalue weighted by molar-refractivity contribution is 5.72. The first-order valence-corrected chi connectivity index (χ1v) is 6.11. The number of benzene rings is 1. The van der Waals surface area contributed by atoms with Crippen molar-refractivity contribution in [3.8, 4) is 17.2 Å². The minimum atomic E-state index is -0.0986. The van der Waals surface area contributed by atoms with E-state index in [0.29, 0.717) is 36.9 Å². The molecule has 0 aliphatic carbocycles. The minimum absolute atomic E-state index is 0.0986. The highest BCUT2D eigenvalue weighted by Crippen LogP contribution is 2.45. The summed E-state index contributed by atoms with van der Waals surface area (Å²) in [7, 11) is 0. The molecule has 1 aromatic carbocycles. The number of rotatable bonds is 1. The molecule has 0 saturated carbocycles. The number of phenols is 1. The molecule has 1 atom stereocenters. The van der Waals surface area contributed by atoms with Crippen molar-refractivity contribution in [1.82, 2.24) is 5.32 Å². The van der Waals surface area contributed by atoms with Gasteiger partial charge in [-0.25, -0.2) is 0 Å². The Bertz CT molecular complexity index is 452. The molecule has 6 nitrogen and oxygen atoms in total. The fraction of sp³-hybridized carbons (Fsp3) is 0.500. The van der Waals surface area contributed by atoms with Gasteiger partial charge in [0.1, 0.15) is 24.7 Å². The molecule has 6 heteroatoms. The maximum absolute atomic E-state index is 10.1. The predicted molar refractivity (Wildman–Crippen MR) is 67.3 cm³/mol. The van der Waals surface area contributed by atoms with Crippen LogP contribution < -0.4 is 25.4 Å². The number of aromatic hydroxyl groups is 1. The normalized spacial score (nSPS) is 22.9. The van der Waals surface area contributed by atoms with Gasteiger partial charge in [-0.2, -0.15) is 0 Å². The van der Waals surface area contributed by atoms with Crippen molar-refractivity contribution in [3.05, 3.63) is 12.1 Å². The van der Waals surface area contributed by atoms with E-state index in [-0.39, 0.29) is 11.9 Å². The van der Waals surface area contributed by atoms with Gasteiger partial charge in [0.2, 0.25) is 0 Å². The summed E-state index contributed by atoms with van der Waals surface area (Å²) in [6, 6.07) is 3.37. The lowest BCUT2D eigenvalue weighted by molar-refractivity contribution is 0.171. The number of nitrogens with one attached hydrogen (secondary N) is 1. The van der Waals surface area contributed by atoms with Gasteiger partial charge in [-0.05, 0) is 12.1 Å². The van der Waals surface area contributed by atoms with Crippen LogP contribution >= 0.6 is 0 Å². The van der Waals surface area contributed by atoms with Crippen LogP contribution in [0.15, 0.2) is 12.1 Å². The van der Waals surface area contributed by atoms with E-state index in [4.69, 9.17) is 15.2 Å². The van der Waals surface area contributed by atoms with Crippen molar-refractivity contribution in [3.63, 3.8) is 0 Å². The van der Waals surface area contributed by atoms with Gasteiger partial charge >= 0.3 is 0 Å². The van der Waals surface area contributed by atoms with Crippen molar-refractivity contribution in [1.29, 1.82) is 0 Å². The number of nitrogens with two attached hydrogens (primary N) is 1. The Morgan fingerprint density at radius 2 is 2.17 bits per heavy atom. The lowest BCUT2D eigenvalue weighted by Crippen LogP contribution is -2.55. The number of fused-ring (bicyclic) bond motifs is 1. The quantitative estimate of drug-likeness (QED) is 0.644. The molecule has 1 aromatic rings. The highest BCUT2D eigenvalue weighted by atomic mass is 16.6. The molecule has 2 aliphatic heterocycles. The Kier molecular flexibility index (Phi) is 2.89. The third-order valence-electron chi connectivity index (χ3n) is 3.18. The standard InChI is InChI=1S/C12H17N3O3/c13-10-7-15(4-3-14-10)11-8(16)1-2-9-12(11)18-6-5-17-9/h1-2,10,14,16H,3-7,13H2. The van der Waals surface area contributed by atoms with Gasteiger partial charge in [-0.3, -0.25) is 5.32 Å². The molecule has 98 valence electrons. The molecule has 0 aromatic heterocycles. The van der Waals surface area contributed by atoms with Crippen molar-refractivity contribution in [2.24, 2.45) is 5.73 Å². The lowest BCUT2D eigenvalue weighted by Gasteiger charge is -2.35. The molecule has 0 spiro atoms. The Labute approximate surface area is 105 Å². The molecule has 2 heterocycles. The van der Waals surface area contributed by atoms with Gasteiger partial charge in [0, 0.05) is 19.6 Å². The van der Waals surface area contributed by atoms with Crippen LogP contribution in [0.2, 0.25) is 0 Å². The van der Waals surface area contributed by atoms with Gasteiger partial charge in [-0.15, -0.1) is 0 Å². The zero-order valence-electron chi connectivity index (χ0n) is 10.1. The Balaban J connectivity index is 1.99. The van der Waals surface area contributed by atoms with E-state index < -0.39 is 0 Å². The van der Waals surface area contributed by atoms with E-state index in [9.17, 15) is 5.11 Å². The Morgan fingerprint density at radius 1 is 1.33 bits per heavy atom. The average Bonchev–Trinajstić information content (AvgIpc) is 2.38. The summed E-state index contributed by atoms with van der Waals surface area (Å²) in [6.07, 6.45) is -0.0986. The number of anilines is 1. The Hall–Kier alpha value is -1.66. The van der Waals surface area contributed by atoms with Gasteiger partial charge in [0.05, 0.1) is 6.17 Å². The van der Waals surface area contributed by atoms with E-state index in [1.807, 2.05) is 4.90 Å². The lowest BCUT2D eigenvalue weighted by atomic mass is 10.2. The van der Waals surface area contributed by atoms with Crippen LogP contribution in [0.3, 0.4) is 0 Å². The van der Waals surface area contributed by atoms with Crippen LogP contribution in [0.25, 0.3) is 0 Å². The highest BCUT2D eigenvalue weighted by Gasteiger charge is 2.26. The van der Waals surface area contributed by atoms with Crippen LogP contribution in [0.5, 0.6) is 17.2 Å². The van der Waals surface area contributed by atoms with Crippen molar-refractivity contribution < 1.29 is 14.6 Å². The number of hydrogen-bond donors (Lipinski definition) is 3. The largest absolute Gasteiger partial charge is 0.506 e.